The second-order valence-electron chi connectivity index (χ2n) is 4.07. The van der Waals surface area contributed by atoms with Crippen molar-refractivity contribution in [3.05, 3.63) is 18.2 Å². The van der Waals surface area contributed by atoms with Gasteiger partial charge in [-0.3, -0.25) is 0 Å². The van der Waals surface area contributed by atoms with Crippen molar-refractivity contribution in [2.45, 2.75) is 29.5 Å². The second kappa shape index (κ2) is 6.17. The number of hydrogen-bond acceptors (Lipinski definition) is 4. The van der Waals surface area contributed by atoms with Gasteiger partial charge in [-0.05, 0) is 44.0 Å². The maximum atomic E-state index is 5.31. The van der Waals surface area contributed by atoms with E-state index in [-0.39, 0.29) is 0 Å². The van der Waals surface area contributed by atoms with E-state index in [4.69, 9.17) is 9.47 Å². The summed E-state index contributed by atoms with van der Waals surface area (Å²) in [5.74, 6) is 1.58. The van der Waals surface area contributed by atoms with Gasteiger partial charge in [0.05, 0.1) is 19.6 Å². The molecule has 1 fully saturated rings. The van der Waals surface area contributed by atoms with Crippen molar-refractivity contribution < 1.29 is 9.47 Å². The number of ether oxygens (including phenoxy) is 2. The smallest absolute Gasteiger partial charge is 0.161 e. The Labute approximate surface area is 107 Å². The zero-order valence-electron chi connectivity index (χ0n) is 10.4. The Morgan fingerprint density at radius 1 is 1.18 bits per heavy atom. The molecule has 1 aromatic carbocycles. The van der Waals surface area contributed by atoms with E-state index in [2.05, 4.69) is 11.4 Å². The number of piperidine rings is 1. The van der Waals surface area contributed by atoms with E-state index in [1.165, 1.54) is 24.2 Å². The molecule has 0 aromatic heterocycles. The quantitative estimate of drug-likeness (QED) is 0.894. The predicted molar refractivity (Wildman–Crippen MR) is 71.0 cm³/mol. The molecule has 0 aliphatic carbocycles. The Hall–Kier alpha value is -0.870. The number of methoxy groups -OCH3 is 2. The lowest BCUT2D eigenvalue weighted by Gasteiger charge is -2.23. The van der Waals surface area contributed by atoms with Crippen LogP contribution in [0.2, 0.25) is 0 Å². The minimum Gasteiger partial charge on any atom is -0.493 e. The third kappa shape index (κ3) is 3.30. The molecule has 1 aromatic rings. The summed E-state index contributed by atoms with van der Waals surface area (Å²) in [6.07, 6.45) is 3.85. The Kier molecular flexibility index (Phi) is 4.57. The zero-order valence-corrected chi connectivity index (χ0v) is 11.2. The number of nitrogens with one attached hydrogen (secondary N) is 1. The summed E-state index contributed by atoms with van der Waals surface area (Å²) < 4.78 is 10.5. The fourth-order valence-electron chi connectivity index (χ4n) is 1.97. The van der Waals surface area contributed by atoms with E-state index in [0.29, 0.717) is 5.37 Å². The summed E-state index contributed by atoms with van der Waals surface area (Å²) in [4.78, 5) is 1.22. The average Bonchev–Trinajstić information content (AvgIpc) is 2.40. The highest BCUT2D eigenvalue weighted by molar-refractivity contribution is 7.99. The molecule has 0 saturated carbocycles. The molecule has 1 heterocycles. The van der Waals surface area contributed by atoms with E-state index >= 15 is 0 Å². The maximum absolute atomic E-state index is 5.31. The molecular formula is C13H19NO2S. The Balaban J connectivity index is 2.05. The fraction of sp³-hybridized carbons (Fsp3) is 0.538. The SMILES string of the molecule is COc1ccc(SC2CCCCN2)cc1OC. The summed E-state index contributed by atoms with van der Waals surface area (Å²) in [7, 11) is 3.33. The van der Waals surface area contributed by atoms with Gasteiger partial charge in [-0.1, -0.05) is 0 Å². The topological polar surface area (TPSA) is 30.5 Å². The van der Waals surface area contributed by atoms with Crippen LogP contribution in [0.15, 0.2) is 23.1 Å². The van der Waals surface area contributed by atoms with Crippen molar-refractivity contribution in [2.24, 2.45) is 0 Å². The largest absolute Gasteiger partial charge is 0.493 e. The van der Waals surface area contributed by atoms with Gasteiger partial charge in [-0.2, -0.15) is 0 Å². The first-order valence-electron chi connectivity index (χ1n) is 5.95. The van der Waals surface area contributed by atoms with Crippen molar-refractivity contribution in [3.63, 3.8) is 0 Å². The van der Waals surface area contributed by atoms with Crippen LogP contribution in [-0.2, 0) is 0 Å². The van der Waals surface area contributed by atoms with Gasteiger partial charge in [0.15, 0.2) is 11.5 Å². The second-order valence-corrected chi connectivity index (χ2v) is 5.35. The van der Waals surface area contributed by atoms with E-state index < -0.39 is 0 Å². The minimum atomic E-state index is 0.529. The Morgan fingerprint density at radius 2 is 2.00 bits per heavy atom. The Bertz CT molecular complexity index is 364. The number of thioether (sulfide) groups is 1. The third-order valence-corrected chi connectivity index (χ3v) is 4.11. The van der Waals surface area contributed by atoms with Crippen LogP contribution in [0.1, 0.15) is 19.3 Å². The van der Waals surface area contributed by atoms with E-state index in [0.717, 1.165) is 18.0 Å². The molecule has 3 nitrogen and oxygen atoms in total. The molecule has 0 spiro atoms. The van der Waals surface area contributed by atoms with E-state index in [1.807, 2.05) is 23.9 Å². The lowest BCUT2D eigenvalue weighted by Crippen LogP contribution is -2.30. The van der Waals surface area contributed by atoms with Gasteiger partial charge < -0.3 is 14.8 Å². The molecule has 1 aliphatic heterocycles. The van der Waals surface area contributed by atoms with Crippen LogP contribution >= 0.6 is 11.8 Å². The summed E-state index contributed by atoms with van der Waals surface area (Å²) in [5, 5.41) is 4.05. The first kappa shape index (κ1) is 12.6. The van der Waals surface area contributed by atoms with Gasteiger partial charge in [-0.25, -0.2) is 0 Å². The average molecular weight is 253 g/mol. The molecule has 1 atom stereocenters. The van der Waals surface area contributed by atoms with Crippen LogP contribution in [0.3, 0.4) is 0 Å². The normalized spacial score (nSPS) is 20.0. The first-order valence-corrected chi connectivity index (χ1v) is 6.83. The van der Waals surface area contributed by atoms with Gasteiger partial charge in [0.25, 0.3) is 0 Å². The molecular weight excluding hydrogens is 234 g/mol. The zero-order chi connectivity index (χ0) is 12.1. The van der Waals surface area contributed by atoms with Crippen LogP contribution in [-0.4, -0.2) is 26.1 Å². The summed E-state index contributed by atoms with van der Waals surface area (Å²) in [6.45, 7) is 1.13. The summed E-state index contributed by atoms with van der Waals surface area (Å²) in [5.41, 5.74) is 0. The molecule has 1 aliphatic rings. The number of rotatable bonds is 4. The molecule has 0 amide bonds. The highest BCUT2D eigenvalue weighted by Crippen LogP contribution is 2.34. The molecule has 0 radical (unpaired) electrons. The molecule has 4 heteroatoms. The van der Waals surface area contributed by atoms with Crippen molar-refractivity contribution in [1.29, 1.82) is 0 Å². The molecule has 0 bridgehead atoms. The van der Waals surface area contributed by atoms with Crippen molar-refractivity contribution in [3.8, 4) is 11.5 Å². The monoisotopic (exact) mass is 253 g/mol. The minimum absolute atomic E-state index is 0.529. The molecule has 94 valence electrons. The van der Waals surface area contributed by atoms with Gasteiger partial charge in [0.2, 0.25) is 0 Å². The van der Waals surface area contributed by atoms with E-state index in [9.17, 15) is 0 Å². The van der Waals surface area contributed by atoms with Crippen LogP contribution in [0, 0.1) is 0 Å². The van der Waals surface area contributed by atoms with Crippen molar-refractivity contribution in [2.75, 3.05) is 20.8 Å². The maximum Gasteiger partial charge on any atom is 0.161 e. The first-order chi connectivity index (χ1) is 8.33. The summed E-state index contributed by atoms with van der Waals surface area (Å²) >= 11 is 1.87. The standard InChI is InChI=1S/C13H19NO2S/c1-15-11-7-6-10(9-12(11)16-2)17-13-5-3-4-8-14-13/h6-7,9,13-14H,3-5,8H2,1-2H3. The van der Waals surface area contributed by atoms with Gasteiger partial charge in [-0.15, -0.1) is 11.8 Å². The highest BCUT2D eigenvalue weighted by atomic mass is 32.2. The van der Waals surface area contributed by atoms with Crippen LogP contribution in [0.25, 0.3) is 0 Å². The van der Waals surface area contributed by atoms with Crippen molar-refractivity contribution >= 4 is 11.8 Å². The molecule has 1 saturated heterocycles. The molecule has 1 N–H and O–H groups in total. The Morgan fingerprint density at radius 3 is 2.65 bits per heavy atom. The molecule has 17 heavy (non-hydrogen) atoms. The van der Waals surface area contributed by atoms with E-state index in [1.54, 1.807) is 14.2 Å². The van der Waals surface area contributed by atoms with Crippen molar-refractivity contribution in [1.82, 2.24) is 5.32 Å². The molecule has 1 unspecified atom stereocenters. The number of benzene rings is 1. The predicted octanol–water partition coefficient (Wildman–Crippen LogP) is 2.90. The highest BCUT2D eigenvalue weighted by Gasteiger charge is 2.14. The fourth-order valence-corrected chi connectivity index (χ4v) is 3.11. The van der Waals surface area contributed by atoms with Crippen LogP contribution in [0.5, 0.6) is 11.5 Å². The lowest BCUT2D eigenvalue weighted by molar-refractivity contribution is 0.354. The number of hydrogen-bond donors (Lipinski definition) is 1. The lowest BCUT2D eigenvalue weighted by atomic mass is 10.2. The van der Waals surface area contributed by atoms with Crippen LogP contribution < -0.4 is 14.8 Å². The van der Waals surface area contributed by atoms with Gasteiger partial charge >= 0.3 is 0 Å². The molecule has 2 rings (SSSR count). The van der Waals surface area contributed by atoms with Gasteiger partial charge in [0, 0.05) is 4.90 Å². The third-order valence-electron chi connectivity index (χ3n) is 2.90. The van der Waals surface area contributed by atoms with Gasteiger partial charge in [0.1, 0.15) is 0 Å². The summed E-state index contributed by atoms with van der Waals surface area (Å²) in [6, 6.07) is 6.09. The van der Waals surface area contributed by atoms with Crippen LogP contribution in [0.4, 0.5) is 0 Å².